The molecule has 0 spiro atoms. The third kappa shape index (κ3) is 3.18. The van der Waals surface area contributed by atoms with E-state index in [2.05, 4.69) is 34.9 Å². The van der Waals surface area contributed by atoms with Gasteiger partial charge in [-0.15, -0.1) is 0 Å². The van der Waals surface area contributed by atoms with Gasteiger partial charge in [-0.3, -0.25) is 0 Å². The van der Waals surface area contributed by atoms with E-state index in [1.165, 1.54) is 39.7 Å². The number of hydrogen-bond acceptors (Lipinski definition) is 1. The van der Waals surface area contributed by atoms with Gasteiger partial charge < -0.3 is 9.67 Å². The number of aliphatic carboxylic acids is 1. The molecule has 0 saturated heterocycles. The first-order chi connectivity index (χ1) is 14.6. The molecule has 1 N–H and O–H groups in total. The van der Waals surface area contributed by atoms with E-state index in [0.29, 0.717) is 12.1 Å². The monoisotopic (exact) mass is 399 g/mol. The summed E-state index contributed by atoms with van der Waals surface area (Å²) >= 11 is 0. The van der Waals surface area contributed by atoms with E-state index in [4.69, 9.17) is 5.11 Å². The number of rotatable bonds is 4. The minimum Gasteiger partial charge on any atom is -0.478 e. The van der Waals surface area contributed by atoms with Gasteiger partial charge in [0.1, 0.15) is 5.82 Å². The van der Waals surface area contributed by atoms with Crippen molar-refractivity contribution in [3.63, 3.8) is 0 Å². The van der Waals surface area contributed by atoms with E-state index in [1.54, 1.807) is 6.07 Å². The number of fused-ring (bicyclic) bond motifs is 4. The fourth-order valence-corrected chi connectivity index (χ4v) is 4.83. The van der Waals surface area contributed by atoms with Crippen molar-refractivity contribution >= 4 is 33.7 Å². The Labute approximate surface area is 174 Å². The molecule has 1 aromatic heterocycles. The van der Waals surface area contributed by atoms with Gasteiger partial charge >= 0.3 is 5.97 Å². The number of aryl methyl sites for hydroxylation is 1. The van der Waals surface area contributed by atoms with Crippen molar-refractivity contribution in [2.45, 2.75) is 32.2 Å². The number of benzene rings is 3. The van der Waals surface area contributed by atoms with Crippen LogP contribution >= 0.6 is 0 Å². The summed E-state index contributed by atoms with van der Waals surface area (Å²) in [6.07, 6.45) is 6.69. The number of hydrogen-bond donors (Lipinski definition) is 1. The van der Waals surface area contributed by atoms with Crippen LogP contribution in [0.2, 0.25) is 0 Å². The maximum absolute atomic E-state index is 14.4. The second-order valence-electron chi connectivity index (χ2n) is 7.92. The van der Waals surface area contributed by atoms with Crippen LogP contribution in [0.3, 0.4) is 0 Å². The van der Waals surface area contributed by atoms with Gasteiger partial charge in [-0.25, -0.2) is 9.18 Å². The van der Waals surface area contributed by atoms with Crippen LogP contribution in [0.15, 0.2) is 60.7 Å². The van der Waals surface area contributed by atoms with Gasteiger partial charge in [0, 0.05) is 29.3 Å². The van der Waals surface area contributed by atoms with Gasteiger partial charge in [0.15, 0.2) is 0 Å². The number of carboxylic acids is 1. The average molecular weight is 399 g/mol. The number of halogens is 1. The van der Waals surface area contributed by atoms with E-state index in [1.807, 2.05) is 12.1 Å². The van der Waals surface area contributed by atoms with Gasteiger partial charge in [0.2, 0.25) is 0 Å². The van der Waals surface area contributed by atoms with E-state index in [0.717, 1.165) is 42.7 Å². The summed E-state index contributed by atoms with van der Waals surface area (Å²) in [7, 11) is 0. The molecule has 3 nitrogen and oxygen atoms in total. The third-order valence-electron chi connectivity index (χ3n) is 6.08. The van der Waals surface area contributed by atoms with Gasteiger partial charge in [-0.2, -0.15) is 0 Å². The number of carbonyl (C=O) groups is 1. The molecular weight excluding hydrogens is 377 g/mol. The summed E-state index contributed by atoms with van der Waals surface area (Å²) < 4.78 is 16.7. The summed E-state index contributed by atoms with van der Waals surface area (Å²) in [4.78, 5) is 11.1. The SMILES string of the molecule is O=C(O)/C=C/c1cc(F)cc2c3c(n(Cc4cccc5ccccc45)c12)CCCC3. The lowest BCUT2D eigenvalue weighted by Gasteiger charge is -2.17. The van der Waals surface area contributed by atoms with Crippen LogP contribution in [0.4, 0.5) is 4.39 Å². The zero-order valence-corrected chi connectivity index (χ0v) is 16.6. The highest BCUT2D eigenvalue weighted by Crippen LogP contribution is 2.36. The Morgan fingerprint density at radius 3 is 2.70 bits per heavy atom. The van der Waals surface area contributed by atoms with E-state index in [9.17, 15) is 9.18 Å². The lowest BCUT2D eigenvalue weighted by Crippen LogP contribution is -2.10. The second kappa shape index (κ2) is 7.45. The molecule has 0 aliphatic heterocycles. The Balaban J connectivity index is 1.77. The highest BCUT2D eigenvalue weighted by Gasteiger charge is 2.22. The van der Waals surface area contributed by atoms with Crippen molar-refractivity contribution in [1.29, 1.82) is 0 Å². The first-order valence-electron chi connectivity index (χ1n) is 10.3. The van der Waals surface area contributed by atoms with Crippen molar-refractivity contribution in [1.82, 2.24) is 4.57 Å². The van der Waals surface area contributed by atoms with Crippen molar-refractivity contribution in [2.24, 2.45) is 0 Å². The fourth-order valence-electron chi connectivity index (χ4n) is 4.83. The molecule has 0 amide bonds. The average Bonchev–Trinajstić information content (AvgIpc) is 3.06. The Hall–Kier alpha value is -3.40. The largest absolute Gasteiger partial charge is 0.478 e. The molecule has 0 radical (unpaired) electrons. The van der Waals surface area contributed by atoms with Gasteiger partial charge in [0.25, 0.3) is 0 Å². The van der Waals surface area contributed by atoms with Crippen molar-refractivity contribution in [3.8, 4) is 0 Å². The maximum atomic E-state index is 14.4. The molecule has 0 fully saturated rings. The molecule has 4 aromatic rings. The molecule has 0 unspecified atom stereocenters. The predicted molar refractivity (Wildman–Crippen MR) is 118 cm³/mol. The van der Waals surface area contributed by atoms with E-state index in [-0.39, 0.29) is 5.82 Å². The van der Waals surface area contributed by atoms with Crippen LogP contribution in [-0.4, -0.2) is 15.6 Å². The van der Waals surface area contributed by atoms with Crippen LogP contribution < -0.4 is 0 Å². The zero-order chi connectivity index (χ0) is 20.7. The summed E-state index contributed by atoms with van der Waals surface area (Å²) in [5.74, 6) is -1.37. The molecule has 3 aromatic carbocycles. The van der Waals surface area contributed by atoms with E-state index < -0.39 is 5.97 Å². The minimum absolute atomic E-state index is 0.330. The number of aromatic nitrogens is 1. The van der Waals surface area contributed by atoms with Gasteiger partial charge in [0.05, 0.1) is 5.52 Å². The maximum Gasteiger partial charge on any atom is 0.328 e. The summed E-state index contributed by atoms with van der Waals surface area (Å²) in [6, 6.07) is 17.7. The van der Waals surface area contributed by atoms with Crippen LogP contribution in [0, 0.1) is 5.82 Å². The highest BCUT2D eigenvalue weighted by molar-refractivity contribution is 5.96. The van der Waals surface area contributed by atoms with Gasteiger partial charge in [-0.1, -0.05) is 42.5 Å². The van der Waals surface area contributed by atoms with Crippen LogP contribution in [0.1, 0.15) is 35.2 Å². The highest BCUT2D eigenvalue weighted by atomic mass is 19.1. The standard InChI is InChI=1S/C26H22FNO2/c27-20-14-18(12-13-25(29)30)26-23(15-20)22-10-3-4-11-24(22)28(26)16-19-8-5-7-17-6-1-2-9-21(17)19/h1-2,5-9,12-15H,3-4,10-11,16H2,(H,29,30)/b13-12+. The van der Waals surface area contributed by atoms with Crippen LogP contribution in [0.5, 0.6) is 0 Å². The smallest absolute Gasteiger partial charge is 0.328 e. The lowest BCUT2D eigenvalue weighted by molar-refractivity contribution is -0.131. The quantitative estimate of drug-likeness (QED) is 0.430. The Kier molecular flexibility index (Phi) is 4.62. The Morgan fingerprint density at radius 2 is 1.83 bits per heavy atom. The summed E-state index contributed by atoms with van der Waals surface area (Å²) in [6.45, 7) is 0.673. The summed E-state index contributed by atoms with van der Waals surface area (Å²) in [5, 5.41) is 12.4. The molecule has 1 heterocycles. The molecule has 150 valence electrons. The summed E-state index contributed by atoms with van der Waals surface area (Å²) in [5.41, 5.74) is 5.20. The molecule has 1 aliphatic rings. The molecular formula is C26H22FNO2. The first kappa shape index (κ1) is 18.6. The third-order valence-corrected chi connectivity index (χ3v) is 6.08. The normalized spacial score (nSPS) is 13.9. The van der Waals surface area contributed by atoms with Gasteiger partial charge in [-0.05, 0) is 65.8 Å². The van der Waals surface area contributed by atoms with Crippen molar-refractivity contribution in [2.75, 3.05) is 0 Å². The van der Waals surface area contributed by atoms with Crippen LogP contribution in [0.25, 0.3) is 27.8 Å². The van der Waals surface area contributed by atoms with Crippen LogP contribution in [-0.2, 0) is 24.2 Å². The lowest BCUT2D eigenvalue weighted by atomic mass is 9.95. The van der Waals surface area contributed by atoms with Crippen molar-refractivity contribution < 1.29 is 14.3 Å². The fraction of sp³-hybridized carbons (Fsp3) is 0.192. The number of carboxylic acid groups (broad SMARTS) is 1. The topological polar surface area (TPSA) is 42.2 Å². The first-order valence-corrected chi connectivity index (χ1v) is 10.3. The molecule has 0 saturated carbocycles. The predicted octanol–water partition coefficient (Wildman–Crippen LogP) is 5.96. The Bertz CT molecular complexity index is 1310. The van der Waals surface area contributed by atoms with E-state index >= 15 is 0 Å². The molecule has 30 heavy (non-hydrogen) atoms. The molecule has 0 atom stereocenters. The zero-order valence-electron chi connectivity index (χ0n) is 16.6. The molecule has 5 rings (SSSR count). The molecule has 1 aliphatic carbocycles. The molecule has 4 heteroatoms. The second-order valence-corrected chi connectivity index (χ2v) is 7.92. The number of nitrogens with zero attached hydrogens (tertiary/aromatic N) is 1. The van der Waals surface area contributed by atoms with Crippen molar-refractivity contribution in [3.05, 3.63) is 88.9 Å². The Morgan fingerprint density at radius 1 is 1.03 bits per heavy atom. The molecule has 0 bridgehead atoms. The minimum atomic E-state index is -1.04.